The molecule has 1 aromatic carbocycles. The number of nitrogens with zero attached hydrogens (tertiary/aromatic N) is 6. The van der Waals surface area contributed by atoms with Crippen LogP contribution in [0.1, 0.15) is 5.56 Å². The van der Waals surface area contributed by atoms with E-state index in [4.69, 9.17) is 9.47 Å². The second-order valence-corrected chi connectivity index (χ2v) is 7.47. The number of rotatable bonds is 8. The number of β-amino-alcohol motifs (C(OH)–C–C–N with tert-alkyl or cyclic N) is 1. The van der Waals surface area contributed by atoms with E-state index in [2.05, 4.69) is 24.9 Å². The highest BCUT2D eigenvalue weighted by Gasteiger charge is 2.22. The summed E-state index contributed by atoms with van der Waals surface area (Å²) in [6.45, 7) is 4.70. The zero-order valence-electron chi connectivity index (χ0n) is 17.4. The molecular weight excluding hydrogens is 384 g/mol. The lowest BCUT2D eigenvalue weighted by molar-refractivity contribution is 0.00865. The molecule has 9 heteroatoms. The Morgan fingerprint density at radius 3 is 2.73 bits per heavy atom. The lowest BCUT2D eigenvalue weighted by Crippen LogP contribution is -2.49. The second-order valence-electron chi connectivity index (χ2n) is 7.47. The standard InChI is InChI=1S/C21H28N6O3/c1-25-20-18(11-24-25)21(23-15-22-20)27-9-7-26(8-10-27)12-17(28)14-30-13-16-5-3-4-6-19(16)29-2/h3-6,11,15,17,28H,7-10,12-14H2,1-2H3. The molecule has 1 fully saturated rings. The monoisotopic (exact) mass is 412 g/mol. The molecular formula is C21H28N6O3. The van der Waals surface area contributed by atoms with E-state index in [1.165, 1.54) is 0 Å². The van der Waals surface area contributed by atoms with Gasteiger partial charge in [0.25, 0.3) is 0 Å². The van der Waals surface area contributed by atoms with E-state index in [1.54, 1.807) is 18.1 Å². The number of aryl methyl sites for hydroxylation is 1. The van der Waals surface area contributed by atoms with E-state index in [9.17, 15) is 5.11 Å². The highest BCUT2D eigenvalue weighted by molar-refractivity contribution is 5.86. The van der Waals surface area contributed by atoms with Crippen molar-refractivity contribution < 1.29 is 14.6 Å². The molecule has 1 unspecified atom stereocenters. The minimum Gasteiger partial charge on any atom is -0.496 e. The SMILES string of the molecule is COc1ccccc1COCC(O)CN1CCN(c2ncnc3c2cnn3C)CC1. The average molecular weight is 412 g/mol. The van der Waals surface area contributed by atoms with Crippen LogP contribution in [-0.4, -0.2) is 82.3 Å². The summed E-state index contributed by atoms with van der Waals surface area (Å²) in [7, 11) is 3.53. The molecule has 3 heterocycles. The summed E-state index contributed by atoms with van der Waals surface area (Å²) in [5.74, 6) is 1.73. The van der Waals surface area contributed by atoms with Gasteiger partial charge in [-0.3, -0.25) is 9.58 Å². The van der Waals surface area contributed by atoms with Gasteiger partial charge in [-0.1, -0.05) is 18.2 Å². The van der Waals surface area contributed by atoms with Crippen molar-refractivity contribution in [2.24, 2.45) is 7.05 Å². The Bertz CT molecular complexity index is 970. The van der Waals surface area contributed by atoms with E-state index >= 15 is 0 Å². The van der Waals surface area contributed by atoms with Gasteiger partial charge >= 0.3 is 0 Å². The predicted molar refractivity (Wildman–Crippen MR) is 114 cm³/mol. The average Bonchev–Trinajstić information content (AvgIpc) is 3.16. The molecule has 1 atom stereocenters. The molecule has 0 amide bonds. The first kappa shape index (κ1) is 20.5. The van der Waals surface area contributed by atoms with Crippen molar-refractivity contribution in [3.63, 3.8) is 0 Å². The van der Waals surface area contributed by atoms with Crippen LogP contribution < -0.4 is 9.64 Å². The molecule has 1 N–H and O–H groups in total. The third-order valence-corrected chi connectivity index (χ3v) is 5.41. The molecule has 1 aliphatic rings. The molecule has 1 saturated heterocycles. The molecule has 1 aliphatic heterocycles. The van der Waals surface area contributed by atoms with Crippen molar-refractivity contribution in [3.05, 3.63) is 42.4 Å². The number of fused-ring (bicyclic) bond motifs is 1. The summed E-state index contributed by atoms with van der Waals surface area (Å²) in [5.41, 5.74) is 1.82. The zero-order chi connectivity index (χ0) is 20.9. The van der Waals surface area contributed by atoms with Crippen molar-refractivity contribution in [2.45, 2.75) is 12.7 Å². The summed E-state index contributed by atoms with van der Waals surface area (Å²) in [6, 6.07) is 7.76. The number of aromatic nitrogens is 4. The van der Waals surface area contributed by atoms with E-state index in [0.29, 0.717) is 19.8 Å². The lowest BCUT2D eigenvalue weighted by atomic mass is 10.2. The molecule has 30 heavy (non-hydrogen) atoms. The Morgan fingerprint density at radius 2 is 1.93 bits per heavy atom. The molecule has 3 aromatic rings. The van der Waals surface area contributed by atoms with Crippen molar-refractivity contribution in [2.75, 3.05) is 51.3 Å². The van der Waals surface area contributed by atoms with Crippen LogP contribution in [0.3, 0.4) is 0 Å². The maximum atomic E-state index is 10.4. The number of para-hydroxylation sites is 1. The number of benzene rings is 1. The van der Waals surface area contributed by atoms with E-state index in [1.807, 2.05) is 37.5 Å². The van der Waals surface area contributed by atoms with Crippen LogP contribution in [0, 0.1) is 0 Å². The van der Waals surface area contributed by atoms with Gasteiger partial charge in [0.1, 0.15) is 17.9 Å². The molecule has 160 valence electrons. The Labute approximate surface area is 175 Å². The Hall–Kier alpha value is -2.75. The van der Waals surface area contributed by atoms with Gasteiger partial charge in [-0.25, -0.2) is 9.97 Å². The fourth-order valence-electron chi connectivity index (χ4n) is 3.82. The van der Waals surface area contributed by atoms with Crippen LogP contribution in [-0.2, 0) is 18.4 Å². The minimum absolute atomic E-state index is 0.292. The van der Waals surface area contributed by atoms with E-state index < -0.39 is 6.10 Å². The minimum atomic E-state index is -0.532. The molecule has 0 spiro atoms. The molecule has 0 bridgehead atoms. The quantitative estimate of drug-likeness (QED) is 0.588. The number of aliphatic hydroxyl groups is 1. The van der Waals surface area contributed by atoms with Crippen molar-refractivity contribution in [1.29, 1.82) is 0 Å². The molecule has 4 rings (SSSR count). The third-order valence-electron chi connectivity index (χ3n) is 5.41. The van der Waals surface area contributed by atoms with Gasteiger partial charge in [-0.2, -0.15) is 5.10 Å². The number of methoxy groups -OCH3 is 1. The smallest absolute Gasteiger partial charge is 0.163 e. The number of piperazine rings is 1. The first-order chi connectivity index (χ1) is 14.7. The largest absolute Gasteiger partial charge is 0.496 e. The van der Waals surface area contributed by atoms with Crippen LogP contribution in [0.4, 0.5) is 5.82 Å². The maximum Gasteiger partial charge on any atom is 0.163 e. The number of aliphatic hydroxyl groups excluding tert-OH is 1. The van der Waals surface area contributed by atoms with Gasteiger partial charge in [0.15, 0.2) is 5.65 Å². The molecule has 0 aliphatic carbocycles. The summed E-state index contributed by atoms with van der Waals surface area (Å²) < 4.78 is 12.8. The van der Waals surface area contributed by atoms with Gasteiger partial charge < -0.3 is 19.5 Å². The first-order valence-electron chi connectivity index (χ1n) is 10.1. The number of anilines is 1. The zero-order valence-corrected chi connectivity index (χ0v) is 17.4. The van der Waals surface area contributed by atoms with Gasteiger partial charge in [-0.05, 0) is 6.07 Å². The van der Waals surface area contributed by atoms with Crippen LogP contribution in [0.2, 0.25) is 0 Å². The van der Waals surface area contributed by atoms with Crippen LogP contribution in [0.25, 0.3) is 11.0 Å². The summed E-state index contributed by atoms with van der Waals surface area (Å²) in [4.78, 5) is 13.3. The van der Waals surface area contributed by atoms with Crippen LogP contribution in [0.15, 0.2) is 36.8 Å². The summed E-state index contributed by atoms with van der Waals surface area (Å²) in [6.07, 6.45) is 2.88. The van der Waals surface area contributed by atoms with Crippen molar-refractivity contribution >= 4 is 16.9 Å². The summed E-state index contributed by atoms with van der Waals surface area (Å²) in [5, 5.41) is 15.6. The highest BCUT2D eigenvalue weighted by atomic mass is 16.5. The van der Waals surface area contributed by atoms with Crippen LogP contribution >= 0.6 is 0 Å². The fraction of sp³-hybridized carbons (Fsp3) is 0.476. The molecule has 0 radical (unpaired) electrons. The Kier molecular flexibility index (Phi) is 6.41. The van der Waals surface area contributed by atoms with Crippen LogP contribution in [0.5, 0.6) is 5.75 Å². The van der Waals surface area contributed by atoms with E-state index in [0.717, 1.165) is 54.3 Å². The number of hydrogen-bond donors (Lipinski definition) is 1. The Morgan fingerprint density at radius 1 is 1.13 bits per heavy atom. The second kappa shape index (κ2) is 9.38. The molecule has 9 nitrogen and oxygen atoms in total. The lowest BCUT2D eigenvalue weighted by Gasteiger charge is -2.36. The van der Waals surface area contributed by atoms with Gasteiger partial charge in [0, 0.05) is 45.3 Å². The maximum absolute atomic E-state index is 10.4. The van der Waals surface area contributed by atoms with Gasteiger partial charge in [0.2, 0.25) is 0 Å². The topological polar surface area (TPSA) is 88.8 Å². The summed E-state index contributed by atoms with van der Waals surface area (Å²) >= 11 is 0. The van der Waals surface area contributed by atoms with Gasteiger partial charge in [0.05, 0.1) is 38.0 Å². The molecule has 2 aromatic heterocycles. The number of ether oxygens (including phenoxy) is 2. The highest BCUT2D eigenvalue weighted by Crippen LogP contribution is 2.23. The number of hydrogen-bond acceptors (Lipinski definition) is 8. The third kappa shape index (κ3) is 4.53. The normalized spacial score (nSPS) is 16.2. The first-order valence-corrected chi connectivity index (χ1v) is 10.1. The van der Waals surface area contributed by atoms with Crippen molar-refractivity contribution in [1.82, 2.24) is 24.6 Å². The van der Waals surface area contributed by atoms with E-state index in [-0.39, 0.29) is 0 Å². The fourth-order valence-corrected chi connectivity index (χ4v) is 3.82. The molecule has 0 saturated carbocycles. The van der Waals surface area contributed by atoms with Gasteiger partial charge in [-0.15, -0.1) is 0 Å². The van der Waals surface area contributed by atoms with Crippen molar-refractivity contribution in [3.8, 4) is 5.75 Å². The Balaban J connectivity index is 1.24. The predicted octanol–water partition coefficient (Wildman–Crippen LogP) is 1.07.